The molecule has 3 aromatic rings. The van der Waals surface area contributed by atoms with Crippen LogP contribution in [0.3, 0.4) is 0 Å². The number of rotatable bonds is 5. The largest absolute Gasteiger partial charge is 0.488 e. The number of sulfonamides is 1. The van der Waals surface area contributed by atoms with Gasteiger partial charge in [-0.05, 0) is 45.0 Å². The smallest absolute Gasteiger partial charge is 0.257 e. The Morgan fingerprint density at radius 2 is 1.78 bits per heavy atom. The molecule has 0 saturated carbocycles. The van der Waals surface area contributed by atoms with E-state index >= 15 is 0 Å². The molecule has 10 heteroatoms. The second-order valence-corrected chi connectivity index (χ2v) is 8.26. The fraction of sp³-hybridized carbons (Fsp3) is 0.353. The van der Waals surface area contributed by atoms with Gasteiger partial charge in [-0.15, -0.1) is 0 Å². The molecule has 4 rings (SSSR count). The van der Waals surface area contributed by atoms with Gasteiger partial charge in [0, 0.05) is 5.56 Å². The van der Waals surface area contributed by atoms with Crippen LogP contribution in [-0.4, -0.2) is 47.2 Å². The zero-order valence-electron chi connectivity index (χ0n) is 15.0. The monoisotopic (exact) mass is 390 g/mol. The Balaban J connectivity index is 1.39. The molecule has 1 fully saturated rings. The molecule has 2 aromatic heterocycles. The third-order valence-electron chi connectivity index (χ3n) is 4.31. The van der Waals surface area contributed by atoms with E-state index in [1.165, 1.54) is 4.31 Å². The number of aryl methyl sites for hydroxylation is 3. The third kappa shape index (κ3) is 3.21. The van der Waals surface area contributed by atoms with Gasteiger partial charge in [0.25, 0.3) is 5.89 Å². The van der Waals surface area contributed by atoms with Gasteiger partial charge in [0.15, 0.2) is 11.6 Å². The van der Waals surface area contributed by atoms with Crippen molar-refractivity contribution in [2.75, 3.05) is 13.1 Å². The lowest BCUT2D eigenvalue weighted by molar-refractivity contribution is 0.0761. The molecule has 27 heavy (non-hydrogen) atoms. The van der Waals surface area contributed by atoms with Crippen molar-refractivity contribution < 1.29 is 22.2 Å². The standard InChI is InChI=1S/C17H18N4O5S/c1-10-16(11(2)25-19-10)27(22,23)21-8-15(9-21)24-14-6-4-13(5-7-14)17-18-12(3)20-26-17/h4-7,15H,8-9H2,1-3H3. The summed E-state index contributed by atoms with van der Waals surface area (Å²) < 4.78 is 42.6. The topological polar surface area (TPSA) is 112 Å². The van der Waals surface area contributed by atoms with Crippen molar-refractivity contribution in [2.45, 2.75) is 31.8 Å². The first-order chi connectivity index (χ1) is 12.8. The molecule has 0 radical (unpaired) electrons. The predicted octanol–water partition coefficient (Wildman–Crippen LogP) is 2.10. The zero-order chi connectivity index (χ0) is 19.2. The fourth-order valence-corrected chi connectivity index (χ4v) is 4.72. The van der Waals surface area contributed by atoms with Crippen molar-refractivity contribution in [3.63, 3.8) is 0 Å². The summed E-state index contributed by atoms with van der Waals surface area (Å²) in [5.74, 6) is 1.96. The number of hydrogen-bond acceptors (Lipinski definition) is 8. The number of ether oxygens (including phenoxy) is 1. The lowest BCUT2D eigenvalue weighted by Gasteiger charge is -2.37. The van der Waals surface area contributed by atoms with E-state index in [0.717, 1.165) is 5.56 Å². The van der Waals surface area contributed by atoms with Gasteiger partial charge < -0.3 is 13.8 Å². The van der Waals surface area contributed by atoms with Gasteiger partial charge >= 0.3 is 0 Å². The molecule has 3 heterocycles. The minimum Gasteiger partial charge on any atom is -0.488 e. The summed E-state index contributed by atoms with van der Waals surface area (Å²) in [6.07, 6.45) is -0.211. The zero-order valence-corrected chi connectivity index (χ0v) is 15.9. The lowest BCUT2D eigenvalue weighted by Crippen LogP contribution is -2.56. The summed E-state index contributed by atoms with van der Waals surface area (Å²) >= 11 is 0. The SMILES string of the molecule is Cc1noc(-c2ccc(OC3CN(S(=O)(=O)c4c(C)noc4C)C3)cc2)n1. The molecule has 9 nitrogen and oxygen atoms in total. The normalized spacial score (nSPS) is 15.7. The van der Waals surface area contributed by atoms with Crippen LogP contribution in [0.4, 0.5) is 0 Å². The summed E-state index contributed by atoms with van der Waals surface area (Å²) in [6.45, 7) is 5.51. The molecule has 0 unspecified atom stereocenters. The van der Waals surface area contributed by atoms with E-state index in [1.54, 1.807) is 32.9 Å². The van der Waals surface area contributed by atoms with Gasteiger partial charge in [0.05, 0.1) is 13.1 Å². The molecule has 1 aliphatic rings. The highest BCUT2D eigenvalue weighted by Gasteiger charge is 2.40. The molecule has 1 aliphatic heterocycles. The summed E-state index contributed by atoms with van der Waals surface area (Å²) in [4.78, 5) is 4.31. The van der Waals surface area contributed by atoms with E-state index < -0.39 is 10.0 Å². The van der Waals surface area contributed by atoms with Gasteiger partial charge in [-0.25, -0.2) is 8.42 Å². The van der Waals surface area contributed by atoms with Gasteiger partial charge in [0.2, 0.25) is 10.0 Å². The van der Waals surface area contributed by atoms with E-state index in [-0.39, 0.29) is 24.1 Å². The lowest BCUT2D eigenvalue weighted by atomic mass is 10.2. The van der Waals surface area contributed by atoms with E-state index in [0.29, 0.717) is 28.9 Å². The van der Waals surface area contributed by atoms with Crippen LogP contribution in [-0.2, 0) is 10.0 Å². The summed E-state index contributed by atoms with van der Waals surface area (Å²) in [6, 6.07) is 7.22. The first-order valence-corrected chi connectivity index (χ1v) is 9.79. The Labute approximate surface area is 156 Å². The van der Waals surface area contributed by atoms with E-state index in [9.17, 15) is 8.42 Å². The Kier molecular flexibility index (Phi) is 4.23. The molecule has 0 N–H and O–H groups in total. The molecule has 0 aliphatic carbocycles. The average molecular weight is 390 g/mol. The van der Waals surface area contributed by atoms with Gasteiger partial charge in [-0.1, -0.05) is 10.3 Å². The Bertz CT molecular complexity index is 1050. The summed E-state index contributed by atoms with van der Waals surface area (Å²) in [5.41, 5.74) is 1.16. The second-order valence-electron chi connectivity index (χ2n) is 6.39. The average Bonchev–Trinajstić information content (AvgIpc) is 3.16. The number of aromatic nitrogens is 3. The minimum atomic E-state index is -3.62. The van der Waals surface area contributed by atoms with Crippen LogP contribution >= 0.6 is 0 Å². The van der Waals surface area contributed by atoms with Crippen LogP contribution < -0.4 is 4.74 Å². The van der Waals surface area contributed by atoms with Crippen LogP contribution in [0.2, 0.25) is 0 Å². The van der Waals surface area contributed by atoms with Crippen molar-refractivity contribution in [2.24, 2.45) is 0 Å². The van der Waals surface area contributed by atoms with Crippen molar-refractivity contribution in [1.82, 2.24) is 19.6 Å². The third-order valence-corrected chi connectivity index (χ3v) is 6.39. The molecule has 1 aromatic carbocycles. The van der Waals surface area contributed by atoms with Gasteiger partial charge in [0.1, 0.15) is 22.4 Å². The van der Waals surface area contributed by atoms with Crippen LogP contribution in [0.5, 0.6) is 5.75 Å². The Morgan fingerprint density at radius 1 is 1.07 bits per heavy atom. The van der Waals surface area contributed by atoms with Crippen LogP contribution in [0.25, 0.3) is 11.5 Å². The Hall–Kier alpha value is -2.72. The first kappa shape index (κ1) is 17.7. The Morgan fingerprint density at radius 3 is 2.33 bits per heavy atom. The van der Waals surface area contributed by atoms with E-state index in [4.69, 9.17) is 13.8 Å². The van der Waals surface area contributed by atoms with Crippen LogP contribution in [0.15, 0.2) is 38.2 Å². The molecule has 142 valence electrons. The van der Waals surface area contributed by atoms with Crippen molar-refractivity contribution in [3.05, 3.63) is 41.5 Å². The maximum absolute atomic E-state index is 12.7. The maximum atomic E-state index is 12.7. The molecule has 0 bridgehead atoms. The fourth-order valence-electron chi connectivity index (χ4n) is 2.93. The predicted molar refractivity (Wildman–Crippen MR) is 93.6 cm³/mol. The van der Waals surface area contributed by atoms with E-state index in [1.807, 2.05) is 12.1 Å². The summed E-state index contributed by atoms with van der Waals surface area (Å²) in [5, 5.41) is 7.48. The highest BCUT2D eigenvalue weighted by atomic mass is 32.2. The molecular weight excluding hydrogens is 372 g/mol. The highest BCUT2D eigenvalue weighted by Crippen LogP contribution is 2.29. The van der Waals surface area contributed by atoms with Crippen molar-refractivity contribution >= 4 is 10.0 Å². The van der Waals surface area contributed by atoms with Crippen molar-refractivity contribution in [1.29, 1.82) is 0 Å². The maximum Gasteiger partial charge on any atom is 0.257 e. The molecule has 1 saturated heterocycles. The summed E-state index contributed by atoms with van der Waals surface area (Å²) in [7, 11) is -3.62. The minimum absolute atomic E-state index is 0.139. The molecule has 0 spiro atoms. The first-order valence-electron chi connectivity index (χ1n) is 8.35. The van der Waals surface area contributed by atoms with Gasteiger partial charge in [-0.3, -0.25) is 0 Å². The van der Waals surface area contributed by atoms with Crippen LogP contribution in [0, 0.1) is 20.8 Å². The number of nitrogens with zero attached hydrogens (tertiary/aromatic N) is 4. The number of benzene rings is 1. The van der Waals surface area contributed by atoms with Crippen molar-refractivity contribution in [3.8, 4) is 17.2 Å². The molecule has 0 amide bonds. The van der Waals surface area contributed by atoms with Crippen LogP contribution in [0.1, 0.15) is 17.3 Å². The quantitative estimate of drug-likeness (QED) is 0.651. The molecular formula is C17H18N4O5S. The second kappa shape index (κ2) is 6.46. The highest BCUT2D eigenvalue weighted by molar-refractivity contribution is 7.89. The van der Waals surface area contributed by atoms with E-state index in [2.05, 4.69) is 15.3 Å². The molecule has 0 atom stereocenters. The van der Waals surface area contributed by atoms with Gasteiger partial charge in [-0.2, -0.15) is 9.29 Å². The number of hydrogen-bond donors (Lipinski definition) is 0.